The summed E-state index contributed by atoms with van der Waals surface area (Å²) in [5, 5.41) is 0. The molecule has 0 aliphatic carbocycles. The molecule has 43 heavy (non-hydrogen) atoms. The molecular formula is C32H28N2O7S2. The number of aryl methyl sites for hydroxylation is 1. The van der Waals surface area contributed by atoms with Crippen LogP contribution in [0, 0.1) is 6.92 Å². The lowest BCUT2D eigenvalue weighted by Crippen LogP contribution is -2.44. The zero-order valence-corrected chi connectivity index (χ0v) is 25.3. The number of ether oxygens (including phenoxy) is 3. The molecule has 3 aromatic rings. The fourth-order valence-electron chi connectivity index (χ4n) is 4.69. The molecule has 2 heterocycles. The number of rotatable bonds is 9. The molecule has 0 aromatic heterocycles. The minimum atomic E-state index is -1.07. The summed E-state index contributed by atoms with van der Waals surface area (Å²) in [7, 11) is 1.54. The minimum absolute atomic E-state index is 0.187. The number of benzene rings is 3. The van der Waals surface area contributed by atoms with E-state index in [1.165, 1.54) is 41.8 Å². The normalized spacial score (nSPS) is 17.7. The number of nitrogens with zero attached hydrogens (tertiary/aromatic N) is 2. The Labute approximate surface area is 258 Å². The maximum atomic E-state index is 13.4. The van der Waals surface area contributed by atoms with Crippen molar-refractivity contribution >= 4 is 63.8 Å². The van der Waals surface area contributed by atoms with Gasteiger partial charge >= 0.3 is 5.97 Å². The van der Waals surface area contributed by atoms with Crippen LogP contribution in [0.4, 0.5) is 5.69 Å². The van der Waals surface area contributed by atoms with Gasteiger partial charge in [-0.1, -0.05) is 59.9 Å². The van der Waals surface area contributed by atoms with E-state index in [2.05, 4.69) is 0 Å². The fourth-order valence-corrected chi connectivity index (χ4v) is 6.05. The number of amides is 3. The highest BCUT2D eigenvalue weighted by molar-refractivity contribution is 8.26. The predicted molar refractivity (Wildman–Crippen MR) is 167 cm³/mol. The molecule has 11 heteroatoms. The van der Waals surface area contributed by atoms with Crippen molar-refractivity contribution in [2.24, 2.45) is 0 Å². The maximum Gasteiger partial charge on any atom is 0.338 e. The lowest BCUT2D eigenvalue weighted by molar-refractivity contribution is -0.129. The van der Waals surface area contributed by atoms with Crippen molar-refractivity contribution in [2.45, 2.75) is 32.9 Å². The molecule has 3 aromatic carbocycles. The smallest absolute Gasteiger partial charge is 0.338 e. The van der Waals surface area contributed by atoms with E-state index in [1.54, 1.807) is 31.2 Å². The summed E-state index contributed by atoms with van der Waals surface area (Å²) in [6, 6.07) is 18.3. The Morgan fingerprint density at radius 1 is 1.02 bits per heavy atom. The highest BCUT2D eigenvalue weighted by Gasteiger charge is 2.49. The van der Waals surface area contributed by atoms with Crippen LogP contribution >= 0.6 is 24.0 Å². The SMILES string of the molecule is CCOC(=O)c1ccc(N2C(=O)CC(N3C(=O)/C(=C/c4ccc(OCc5ccc(C)cc5)c(OC)c4)SC3=S)C2=O)cc1. The highest BCUT2D eigenvalue weighted by Crippen LogP contribution is 2.38. The molecule has 5 rings (SSSR count). The Hall–Kier alpha value is -4.48. The molecule has 1 unspecified atom stereocenters. The molecule has 9 nitrogen and oxygen atoms in total. The van der Waals surface area contributed by atoms with Gasteiger partial charge in [-0.2, -0.15) is 0 Å². The van der Waals surface area contributed by atoms with Gasteiger partial charge in [0.25, 0.3) is 11.8 Å². The number of hydrogen-bond donors (Lipinski definition) is 0. The molecule has 1 atom stereocenters. The van der Waals surface area contributed by atoms with E-state index in [0.717, 1.165) is 22.2 Å². The molecule has 3 amide bonds. The van der Waals surface area contributed by atoms with Crippen molar-refractivity contribution in [1.82, 2.24) is 4.90 Å². The number of hydrogen-bond acceptors (Lipinski definition) is 9. The zero-order valence-electron chi connectivity index (χ0n) is 23.7. The van der Waals surface area contributed by atoms with Crippen molar-refractivity contribution in [1.29, 1.82) is 0 Å². The number of carbonyl (C=O) groups is 4. The second kappa shape index (κ2) is 12.8. The minimum Gasteiger partial charge on any atom is -0.493 e. The van der Waals surface area contributed by atoms with Gasteiger partial charge in [0.1, 0.15) is 17.0 Å². The number of thioether (sulfide) groups is 1. The molecule has 220 valence electrons. The van der Waals surface area contributed by atoms with Crippen LogP contribution in [0.2, 0.25) is 0 Å². The van der Waals surface area contributed by atoms with Gasteiger partial charge in [0.15, 0.2) is 11.5 Å². The van der Waals surface area contributed by atoms with E-state index in [1.807, 2.05) is 31.2 Å². The van der Waals surface area contributed by atoms with E-state index in [9.17, 15) is 19.2 Å². The van der Waals surface area contributed by atoms with Gasteiger partial charge in [0.05, 0.1) is 36.3 Å². The first-order valence-corrected chi connectivity index (χ1v) is 14.7. The van der Waals surface area contributed by atoms with Gasteiger partial charge in [0.2, 0.25) is 5.91 Å². The van der Waals surface area contributed by atoms with E-state index in [0.29, 0.717) is 39.8 Å². The lowest BCUT2D eigenvalue weighted by atomic mass is 10.1. The quantitative estimate of drug-likeness (QED) is 0.137. The van der Waals surface area contributed by atoms with Crippen molar-refractivity contribution in [3.8, 4) is 11.5 Å². The molecule has 2 aliphatic rings. The van der Waals surface area contributed by atoms with Gasteiger partial charge in [0, 0.05) is 0 Å². The van der Waals surface area contributed by atoms with Crippen LogP contribution in [0.25, 0.3) is 6.08 Å². The van der Waals surface area contributed by atoms with Crippen LogP contribution in [0.3, 0.4) is 0 Å². The summed E-state index contributed by atoms with van der Waals surface area (Å²) in [6.07, 6.45) is 1.46. The van der Waals surface area contributed by atoms with Gasteiger partial charge in [-0.15, -0.1) is 0 Å². The van der Waals surface area contributed by atoms with E-state index in [-0.39, 0.29) is 17.3 Å². The number of imide groups is 1. The topological polar surface area (TPSA) is 102 Å². The summed E-state index contributed by atoms with van der Waals surface area (Å²) in [5.74, 6) is -0.946. The monoisotopic (exact) mass is 616 g/mol. The average molecular weight is 617 g/mol. The number of thiocarbonyl (C=S) groups is 1. The average Bonchev–Trinajstić information content (AvgIpc) is 3.44. The highest BCUT2D eigenvalue weighted by atomic mass is 32.2. The van der Waals surface area contributed by atoms with Crippen LogP contribution in [0.15, 0.2) is 71.6 Å². The Bertz CT molecular complexity index is 1630. The third-order valence-electron chi connectivity index (χ3n) is 6.90. The zero-order chi connectivity index (χ0) is 30.7. The second-order valence-corrected chi connectivity index (χ2v) is 11.5. The van der Waals surface area contributed by atoms with Crippen LogP contribution in [-0.2, 0) is 25.7 Å². The molecule has 2 saturated heterocycles. The summed E-state index contributed by atoms with van der Waals surface area (Å²) >= 11 is 6.54. The summed E-state index contributed by atoms with van der Waals surface area (Å²) in [4.78, 5) is 54.2. The third kappa shape index (κ3) is 6.32. The van der Waals surface area contributed by atoms with Gasteiger partial charge < -0.3 is 14.2 Å². The van der Waals surface area contributed by atoms with Crippen LogP contribution in [-0.4, -0.2) is 52.7 Å². The molecule has 2 aliphatic heterocycles. The van der Waals surface area contributed by atoms with Crippen LogP contribution in [0.1, 0.15) is 40.4 Å². The van der Waals surface area contributed by atoms with Crippen molar-refractivity contribution in [3.63, 3.8) is 0 Å². The largest absolute Gasteiger partial charge is 0.493 e. The number of methoxy groups -OCH3 is 1. The lowest BCUT2D eigenvalue weighted by Gasteiger charge is -2.21. The molecule has 0 saturated carbocycles. The van der Waals surface area contributed by atoms with Crippen molar-refractivity contribution < 1.29 is 33.4 Å². The van der Waals surface area contributed by atoms with Crippen LogP contribution < -0.4 is 14.4 Å². The third-order valence-corrected chi connectivity index (χ3v) is 8.23. The van der Waals surface area contributed by atoms with Gasteiger partial charge in [-0.25, -0.2) is 9.69 Å². The Balaban J connectivity index is 1.30. The summed E-state index contributed by atoms with van der Waals surface area (Å²) in [6.45, 7) is 4.32. The Morgan fingerprint density at radius 3 is 2.42 bits per heavy atom. The fraction of sp³-hybridized carbons (Fsp3) is 0.219. The van der Waals surface area contributed by atoms with Gasteiger partial charge in [-0.05, 0) is 67.4 Å². The van der Waals surface area contributed by atoms with E-state index < -0.39 is 29.7 Å². The van der Waals surface area contributed by atoms with E-state index >= 15 is 0 Å². The maximum absolute atomic E-state index is 13.4. The first kappa shape index (κ1) is 30.0. The first-order chi connectivity index (χ1) is 20.7. The van der Waals surface area contributed by atoms with Crippen molar-refractivity contribution in [2.75, 3.05) is 18.6 Å². The second-order valence-electron chi connectivity index (χ2n) is 9.79. The van der Waals surface area contributed by atoms with Gasteiger partial charge in [-0.3, -0.25) is 19.3 Å². The summed E-state index contributed by atoms with van der Waals surface area (Å²) < 4.78 is 16.6. The number of esters is 1. The Morgan fingerprint density at radius 2 is 1.74 bits per heavy atom. The molecule has 0 N–H and O–H groups in total. The van der Waals surface area contributed by atoms with Crippen LogP contribution in [0.5, 0.6) is 11.5 Å². The standard InChI is InChI=1S/C32H28N2O7S2/c1-4-40-31(38)22-10-12-23(13-11-22)33-28(35)17-24(29(33)36)34-30(37)27(43-32(34)42)16-21-9-14-25(26(15-21)39-3)41-18-20-7-5-19(2)6-8-20/h5-16,24H,4,17-18H2,1-3H3/b27-16-. The van der Waals surface area contributed by atoms with E-state index in [4.69, 9.17) is 26.4 Å². The molecule has 0 bridgehead atoms. The first-order valence-electron chi connectivity index (χ1n) is 13.5. The molecule has 0 spiro atoms. The number of carbonyl (C=O) groups excluding carboxylic acids is 4. The molecule has 0 radical (unpaired) electrons. The molecule has 2 fully saturated rings. The van der Waals surface area contributed by atoms with Crippen molar-refractivity contribution in [3.05, 3.63) is 93.9 Å². The Kier molecular flexibility index (Phi) is 8.93. The summed E-state index contributed by atoms with van der Waals surface area (Å²) in [5.41, 5.74) is 3.46. The molecular weight excluding hydrogens is 588 g/mol. The number of anilines is 1. The predicted octanol–water partition coefficient (Wildman–Crippen LogP) is 5.29.